The van der Waals surface area contributed by atoms with E-state index >= 15 is 0 Å². The summed E-state index contributed by atoms with van der Waals surface area (Å²) in [6.45, 7) is 3.80. The van der Waals surface area contributed by atoms with Crippen LogP contribution in [0.5, 0.6) is 0 Å². The second-order valence-electron chi connectivity index (χ2n) is 3.39. The lowest BCUT2D eigenvalue weighted by Gasteiger charge is -2.25. The van der Waals surface area contributed by atoms with Gasteiger partial charge in [0.2, 0.25) is 0 Å². The van der Waals surface area contributed by atoms with Crippen LogP contribution in [0.4, 0.5) is 0 Å². The molecule has 0 aromatic heterocycles. The van der Waals surface area contributed by atoms with Gasteiger partial charge in [-0.25, -0.2) is 5.48 Å². The van der Waals surface area contributed by atoms with Crippen LogP contribution in [0.2, 0.25) is 0 Å². The maximum atomic E-state index is 5.49. The number of nitrogens with zero attached hydrogens (tertiary/aromatic N) is 1. The second-order valence-corrected chi connectivity index (χ2v) is 3.39. The van der Waals surface area contributed by atoms with Gasteiger partial charge in [-0.3, -0.25) is 4.90 Å². The molecular weight excluding hydrogens is 156 g/mol. The fraction of sp³-hybridized carbons (Fsp3) is 1.00. The molecule has 4 heteroatoms. The predicted molar refractivity (Wildman–Crippen MR) is 44.7 cm³/mol. The summed E-state index contributed by atoms with van der Waals surface area (Å²) in [5.41, 5.74) is 2.68. The van der Waals surface area contributed by atoms with E-state index in [1.54, 1.807) is 7.05 Å². The van der Waals surface area contributed by atoms with Gasteiger partial charge in [-0.15, -0.1) is 0 Å². The molecule has 0 saturated carbocycles. The minimum Gasteiger partial charge on any atom is -0.375 e. The van der Waals surface area contributed by atoms with Crippen LogP contribution in [0.1, 0.15) is 6.42 Å². The third-order valence-electron chi connectivity index (χ3n) is 2.64. The van der Waals surface area contributed by atoms with Crippen molar-refractivity contribution in [3.05, 3.63) is 0 Å². The third kappa shape index (κ3) is 1.61. The standard InChI is InChI=1S/C8H16N2O2/c1-9-12-3-2-10-5-8-4-7(10)6-11-8/h7-9H,2-6H2,1H3. The summed E-state index contributed by atoms with van der Waals surface area (Å²) in [5.74, 6) is 0. The Balaban J connectivity index is 1.69. The first kappa shape index (κ1) is 8.44. The Kier molecular flexibility index (Phi) is 2.60. The van der Waals surface area contributed by atoms with Gasteiger partial charge in [0.25, 0.3) is 0 Å². The van der Waals surface area contributed by atoms with Crippen molar-refractivity contribution in [1.82, 2.24) is 10.4 Å². The Morgan fingerprint density at radius 2 is 2.58 bits per heavy atom. The highest BCUT2D eigenvalue weighted by molar-refractivity contribution is 4.91. The molecule has 2 bridgehead atoms. The van der Waals surface area contributed by atoms with Crippen LogP contribution in [-0.2, 0) is 9.57 Å². The second kappa shape index (κ2) is 3.70. The number of hydrogen-bond donors (Lipinski definition) is 1. The van der Waals surface area contributed by atoms with E-state index < -0.39 is 0 Å². The number of ether oxygens (including phenoxy) is 1. The monoisotopic (exact) mass is 172 g/mol. The molecular formula is C8H16N2O2. The zero-order valence-corrected chi connectivity index (χ0v) is 7.45. The number of nitrogens with one attached hydrogen (secondary N) is 1. The SMILES string of the molecule is CNOCCN1CC2CC1CO2. The zero-order chi connectivity index (χ0) is 8.39. The van der Waals surface area contributed by atoms with Crippen LogP contribution >= 0.6 is 0 Å². The number of hydroxylamine groups is 1. The zero-order valence-electron chi connectivity index (χ0n) is 7.45. The summed E-state index contributed by atoms with van der Waals surface area (Å²) in [6, 6.07) is 0.662. The van der Waals surface area contributed by atoms with E-state index in [1.165, 1.54) is 6.42 Å². The smallest absolute Gasteiger partial charge is 0.0809 e. The number of hydrogen-bond acceptors (Lipinski definition) is 4. The lowest BCUT2D eigenvalue weighted by atomic mass is 10.2. The van der Waals surface area contributed by atoms with Crippen LogP contribution in [0, 0.1) is 0 Å². The van der Waals surface area contributed by atoms with Crippen molar-refractivity contribution in [2.75, 3.05) is 33.4 Å². The van der Waals surface area contributed by atoms with Crippen LogP contribution in [0.15, 0.2) is 0 Å². The Hall–Kier alpha value is -0.160. The Bertz CT molecular complexity index is 154. The topological polar surface area (TPSA) is 33.7 Å². The summed E-state index contributed by atoms with van der Waals surface area (Å²) in [7, 11) is 1.79. The minimum atomic E-state index is 0.504. The van der Waals surface area contributed by atoms with E-state index in [-0.39, 0.29) is 0 Å². The van der Waals surface area contributed by atoms with Gasteiger partial charge in [0.05, 0.1) is 19.3 Å². The number of likely N-dealkylation sites (tertiary alicyclic amines) is 1. The van der Waals surface area contributed by atoms with Gasteiger partial charge in [-0.2, -0.15) is 0 Å². The minimum absolute atomic E-state index is 0.504. The van der Waals surface area contributed by atoms with Crippen molar-refractivity contribution in [3.63, 3.8) is 0 Å². The number of fused-ring (bicyclic) bond motifs is 2. The number of morpholine rings is 1. The predicted octanol–water partition coefficient (Wildman–Crippen LogP) is -0.389. The molecule has 2 heterocycles. The normalized spacial score (nSPS) is 34.8. The van der Waals surface area contributed by atoms with Gasteiger partial charge in [-0.05, 0) is 6.42 Å². The third-order valence-corrected chi connectivity index (χ3v) is 2.64. The van der Waals surface area contributed by atoms with Gasteiger partial charge in [0.15, 0.2) is 0 Å². The Labute approximate surface area is 72.8 Å². The largest absolute Gasteiger partial charge is 0.375 e. The molecule has 2 atom stereocenters. The van der Waals surface area contributed by atoms with E-state index in [9.17, 15) is 0 Å². The summed E-state index contributed by atoms with van der Waals surface area (Å²) >= 11 is 0. The summed E-state index contributed by atoms with van der Waals surface area (Å²) in [5, 5.41) is 0. The molecule has 0 spiro atoms. The summed E-state index contributed by atoms with van der Waals surface area (Å²) in [4.78, 5) is 7.52. The molecule has 0 aromatic rings. The molecule has 2 fully saturated rings. The van der Waals surface area contributed by atoms with Crippen LogP contribution in [0.3, 0.4) is 0 Å². The van der Waals surface area contributed by atoms with Gasteiger partial charge < -0.3 is 9.57 Å². The molecule has 2 rings (SSSR count). The molecule has 70 valence electrons. The molecule has 0 aromatic carbocycles. The van der Waals surface area contributed by atoms with E-state index in [0.717, 1.165) is 26.3 Å². The van der Waals surface area contributed by atoms with Crippen LogP contribution in [-0.4, -0.2) is 50.4 Å². The van der Waals surface area contributed by atoms with Crippen molar-refractivity contribution in [1.29, 1.82) is 0 Å². The highest BCUT2D eigenvalue weighted by Gasteiger charge is 2.38. The van der Waals surface area contributed by atoms with Gasteiger partial charge in [0, 0.05) is 26.2 Å². The maximum absolute atomic E-state index is 5.49. The summed E-state index contributed by atoms with van der Waals surface area (Å²) < 4.78 is 5.49. The molecule has 0 aliphatic carbocycles. The van der Waals surface area contributed by atoms with Crippen molar-refractivity contribution < 1.29 is 9.57 Å². The van der Waals surface area contributed by atoms with Crippen molar-refractivity contribution >= 4 is 0 Å². The fourth-order valence-corrected chi connectivity index (χ4v) is 2.02. The van der Waals surface area contributed by atoms with Crippen LogP contribution < -0.4 is 5.48 Å². The van der Waals surface area contributed by atoms with Gasteiger partial charge in [-0.1, -0.05) is 0 Å². The van der Waals surface area contributed by atoms with Crippen LogP contribution in [0.25, 0.3) is 0 Å². The lowest BCUT2D eigenvalue weighted by Crippen LogP contribution is -2.39. The first-order chi connectivity index (χ1) is 5.90. The first-order valence-electron chi connectivity index (χ1n) is 4.54. The molecule has 0 radical (unpaired) electrons. The molecule has 2 unspecified atom stereocenters. The Morgan fingerprint density at radius 3 is 3.17 bits per heavy atom. The molecule has 2 aliphatic rings. The number of rotatable bonds is 4. The van der Waals surface area contributed by atoms with E-state index in [4.69, 9.17) is 9.57 Å². The van der Waals surface area contributed by atoms with Crippen molar-refractivity contribution in [2.45, 2.75) is 18.6 Å². The average molecular weight is 172 g/mol. The van der Waals surface area contributed by atoms with Crippen molar-refractivity contribution in [2.24, 2.45) is 0 Å². The summed E-state index contributed by atoms with van der Waals surface area (Å²) in [6.07, 6.45) is 1.73. The van der Waals surface area contributed by atoms with Crippen molar-refractivity contribution in [3.8, 4) is 0 Å². The highest BCUT2D eigenvalue weighted by atomic mass is 16.6. The first-order valence-corrected chi connectivity index (χ1v) is 4.54. The molecule has 2 aliphatic heterocycles. The quantitative estimate of drug-likeness (QED) is 0.462. The molecule has 0 amide bonds. The Morgan fingerprint density at radius 1 is 1.67 bits per heavy atom. The molecule has 12 heavy (non-hydrogen) atoms. The molecule has 4 nitrogen and oxygen atoms in total. The maximum Gasteiger partial charge on any atom is 0.0809 e. The molecule has 2 saturated heterocycles. The van der Waals surface area contributed by atoms with Gasteiger partial charge >= 0.3 is 0 Å². The molecule has 1 N–H and O–H groups in total. The average Bonchev–Trinajstić information content (AvgIpc) is 2.65. The van der Waals surface area contributed by atoms with E-state index in [0.29, 0.717) is 12.1 Å². The fourth-order valence-electron chi connectivity index (χ4n) is 2.02. The highest BCUT2D eigenvalue weighted by Crippen LogP contribution is 2.26. The van der Waals surface area contributed by atoms with E-state index in [2.05, 4.69) is 10.4 Å². The van der Waals surface area contributed by atoms with E-state index in [1.807, 2.05) is 0 Å². The van der Waals surface area contributed by atoms with Gasteiger partial charge in [0.1, 0.15) is 0 Å². The lowest BCUT2D eigenvalue weighted by molar-refractivity contribution is -0.000772.